The summed E-state index contributed by atoms with van der Waals surface area (Å²) in [5.74, 6) is 0.419. The van der Waals surface area contributed by atoms with Gasteiger partial charge in [-0.25, -0.2) is 0 Å². The topological polar surface area (TPSA) is 62.7 Å². The maximum absolute atomic E-state index is 13.1. The monoisotopic (exact) mass is 383 g/mol. The van der Waals surface area contributed by atoms with Crippen LogP contribution < -0.4 is 0 Å². The van der Waals surface area contributed by atoms with E-state index in [9.17, 15) is 9.59 Å². The van der Waals surface area contributed by atoms with E-state index >= 15 is 0 Å². The fourth-order valence-corrected chi connectivity index (χ4v) is 4.41. The van der Waals surface area contributed by atoms with Crippen molar-refractivity contribution in [2.75, 3.05) is 32.8 Å². The first-order chi connectivity index (χ1) is 13.6. The van der Waals surface area contributed by atoms with Gasteiger partial charge >= 0.3 is 0 Å². The van der Waals surface area contributed by atoms with Crippen LogP contribution in [0.15, 0.2) is 24.3 Å². The molecule has 6 heteroatoms. The number of pyridine rings is 1. The average Bonchev–Trinajstić information content (AvgIpc) is 3.28. The Kier molecular flexibility index (Phi) is 5.76. The normalized spacial score (nSPS) is 23.2. The highest BCUT2D eigenvalue weighted by molar-refractivity contribution is 5.95. The van der Waals surface area contributed by atoms with Gasteiger partial charge in [0.25, 0.3) is 11.8 Å². The second-order valence-corrected chi connectivity index (χ2v) is 8.00. The Bertz CT molecular complexity index is 762. The second kappa shape index (κ2) is 8.43. The molecule has 0 saturated carbocycles. The third-order valence-corrected chi connectivity index (χ3v) is 6.04. The van der Waals surface area contributed by atoms with Crippen LogP contribution in [0.1, 0.15) is 59.8 Å². The molecule has 1 aromatic rings. The molecule has 2 saturated heterocycles. The number of likely N-dealkylation sites (tertiary alicyclic amines) is 1. The van der Waals surface area contributed by atoms with Gasteiger partial charge in [-0.15, -0.1) is 0 Å². The van der Waals surface area contributed by atoms with Crippen LogP contribution in [-0.4, -0.2) is 65.5 Å². The molecule has 0 bridgehead atoms. The van der Waals surface area contributed by atoms with Crippen LogP contribution >= 0.6 is 0 Å². The van der Waals surface area contributed by atoms with Gasteiger partial charge < -0.3 is 14.5 Å². The lowest BCUT2D eigenvalue weighted by molar-refractivity contribution is -0.142. The molecule has 4 rings (SSSR count). The molecule has 3 aliphatic heterocycles. The van der Waals surface area contributed by atoms with Crippen molar-refractivity contribution < 1.29 is 14.3 Å². The lowest BCUT2D eigenvalue weighted by Gasteiger charge is -2.34. The number of hydrogen-bond donors (Lipinski definition) is 0. The molecule has 150 valence electrons. The number of aromatic nitrogens is 1. The second-order valence-electron chi connectivity index (χ2n) is 8.00. The summed E-state index contributed by atoms with van der Waals surface area (Å²) in [4.78, 5) is 34.3. The van der Waals surface area contributed by atoms with Crippen molar-refractivity contribution in [2.45, 2.75) is 51.0 Å². The Morgan fingerprint density at radius 2 is 1.89 bits per heavy atom. The van der Waals surface area contributed by atoms with E-state index in [1.165, 1.54) is 0 Å². The zero-order chi connectivity index (χ0) is 19.5. The van der Waals surface area contributed by atoms with Crippen LogP contribution in [0.5, 0.6) is 0 Å². The number of carbonyl (C=O) groups excluding carboxylic acids is 2. The summed E-state index contributed by atoms with van der Waals surface area (Å²) in [7, 11) is 0. The van der Waals surface area contributed by atoms with Crippen molar-refractivity contribution >= 4 is 11.8 Å². The molecule has 0 unspecified atom stereocenters. The Morgan fingerprint density at radius 3 is 2.57 bits per heavy atom. The molecule has 0 aliphatic carbocycles. The van der Waals surface area contributed by atoms with Crippen molar-refractivity contribution in [1.82, 2.24) is 14.8 Å². The fraction of sp³-hybridized carbons (Fsp3) is 0.591. The molecular formula is C22H29N3O3. The number of carbonyl (C=O) groups is 2. The first-order valence-electron chi connectivity index (χ1n) is 10.5. The highest BCUT2D eigenvalue weighted by Crippen LogP contribution is 2.31. The highest BCUT2D eigenvalue weighted by Gasteiger charge is 2.33. The number of aryl methyl sites for hydroxylation is 1. The minimum atomic E-state index is -0.252. The Hall–Kier alpha value is -2.21. The van der Waals surface area contributed by atoms with E-state index in [-0.39, 0.29) is 23.8 Å². The van der Waals surface area contributed by atoms with E-state index < -0.39 is 0 Å². The maximum atomic E-state index is 13.1. The van der Waals surface area contributed by atoms with Crippen molar-refractivity contribution in [1.29, 1.82) is 0 Å². The van der Waals surface area contributed by atoms with Crippen molar-refractivity contribution in [2.24, 2.45) is 0 Å². The van der Waals surface area contributed by atoms with Gasteiger partial charge in [0.05, 0.1) is 11.3 Å². The van der Waals surface area contributed by atoms with Crippen molar-refractivity contribution in [3.63, 3.8) is 0 Å². The standard InChI is InChI=1S/C22H29N3O3/c1-16-7-8-18(21(26)24-11-3-2-4-12-24)20(23-16)17-9-13-25(14-10-17)22(27)19-6-5-15-28-19/h2-3,7-8,17,19H,4-6,9-15H2,1H3/t19-/m0/s1. The molecule has 3 aliphatic rings. The zero-order valence-corrected chi connectivity index (χ0v) is 16.6. The quantitative estimate of drug-likeness (QED) is 0.753. The number of ether oxygens (including phenoxy) is 1. The van der Waals surface area contributed by atoms with Crippen LogP contribution in [-0.2, 0) is 9.53 Å². The zero-order valence-electron chi connectivity index (χ0n) is 16.6. The molecule has 0 spiro atoms. The van der Waals surface area contributed by atoms with Gasteiger partial charge in [-0.05, 0) is 51.2 Å². The molecular weight excluding hydrogens is 354 g/mol. The van der Waals surface area contributed by atoms with Gasteiger partial charge in [-0.1, -0.05) is 12.2 Å². The SMILES string of the molecule is Cc1ccc(C(=O)N2CC=CCC2)c(C2CCN(C(=O)[C@@H]3CCCO3)CC2)n1. The van der Waals surface area contributed by atoms with Crippen LogP contribution in [0.4, 0.5) is 0 Å². The van der Waals surface area contributed by atoms with Gasteiger partial charge in [-0.3, -0.25) is 14.6 Å². The fourth-order valence-electron chi connectivity index (χ4n) is 4.41. The van der Waals surface area contributed by atoms with E-state index in [0.29, 0.717) is 26.2 Å². The number of rotatable bonds is 3. The Morgan fingerprint density at radius 1 is 1.07 bits per heavy atom. The van der Waals surface area contributed by atoms with Crippen LogP contribution in [0.3, 0.4) is 0 Å². The molecule has 1 aromatic heterocycles. The third-order valence-electron chi connectivity index (χ3n) is 6.04. The predicted octanol–water partition coefficient (Wildman–Crippen LogP) is 2.68. The summed E-state index contributed by atoms with van der Waals surface area (Å²) < 4.78 is 5.55. The van der Waals surface area contributed by atoms with Gasteiger partial charge in [0.1, 0.15) is 6.10 Å². The summed E-state index contributed by atoms with van der Waals surface area (Å²) in [6.45, 7) is 5.50. The summed E-state index contributed by atoms with van der Waals surface area (Å²) in [5.41, 5.74) is 2.57. The van der Waals surface area contributed by atoms with Crippen LogP contribution in [0, 0.1) is 6.92 Å². The Balaban J connectivity index is 1.47. The minimum absolute atomic E-state index is 0.0738. The summed E-state index contributed by atoms with van der Waals surface area (Å²) in [6, 6.07) is 3.86. The van der Waals surface area contributed by atoms with E-state index in [1.807, 2.05) is 28.9 Å². The molecule has 2 amide bonds. The van der Waals surface area contributed by atoms with Crippen LogP contribution in [0.2, 0.25) is 0 Å². The molecule has 0 N–H and O–H groups in total. The lowest BCUT2D eigenvalue weighted by atomic mass is 9.89. The average molecular weight is 383 g/mol. The third kappa shape index (κ3) is 3.97. The van der Waals surface area contributed by atoms with Crippen molar-refractivity contribution in [3.05, 3.63) is 41.2 Å². The molecule has 28 heavy (non-hydrogen) atoms. The lowest BCUT2D eigenvalue weighted by Crippen LogP contribution is -2.43. The van der Waals surface area contributed by atoms with E-state index in [2.05, 4.69) is 12.2 Å². The number of amides is 2. The number of nitrogens with zero attached hydrogens (tertiary/aromatic N) is 3. The predicted molar refractivity (Wildman–Crippen MR) is 106 cm³/mol. The molecule has 6 nitrogen and oxygen atoms in total. The van der Waals surface area contributed by atoms with Gasteiger partial charge in [-0.2, -0.15) is 0 Å². The first-order valence-corrected chi connectivity index (χ1v) is 10.5. The van der Waals surface area contributed by atoms with E-state index in [1.54, 1.807) is 0 Å². The largest absolute Gasteiger partial charge is 0.368 e. The Labute approximate surface area is 166 Å². The molecule has 4 heterocycles. The molecule has 1 atom stereocenters. The van der Waals surface area contributed by atoms with Gasteiger partial charge in [0, 0.05) is 44.4 Å². The molecule has 0 radical (unpaired) electrons. The number of hydrogen-bond acceptors (Lipinski definition) is 4. The molecule has 2 fully saturated rings. The van der Waals surface area contributed by atoms with Gasteiger partial charge in [0.15, 0.2) is 0 Å². The van der Waals surface area contributed by atoms with Crippen molar-refractivity contribution in [3.8, 4) is 0 Å². The summed E-state index contributed by atoms with van der Waals surface area (Å²) >= 11 is 0. The van der Waals surface area contributed by atoms with Crippen LogP contribution in [0.25, 0.3) is 0 Å². The molecule has 0 aromatic carbocycles. The summed E-state index contributed by atoms with van der Waals surface area (Å²) in [6.07, 6.45) is 8.32. The maximum Gasteiger partial charge on any atom is 0.256 e. The smallest absolute Gasteiger partial charge is 0.256 e. The number of piperidine rings is 1. The van der Waals surface area contributed by atoms with E-state index in [0.717, 1.165) is 55.6 Å². The minimum Gasteiger partial charge on any atom is -0.368 e. The van der Waals surface area contributed by atoms with Gasteiger partial charge in [0.2, 0.25) is 0 Å². The van der Waals surface area contributed by atoms with E-state index in [4.69, 9.17) is 9.72 Å². The first kappa shape index (κ1) is 19.1. The summed E-state index contributed by atoms with van der Waals surface area (Å²) in [5, 5.41) is 0. The highest BCUT2D eigenvalue weighted by atomic mass is 16.5.